The van der Waals surface area contributed by atoms with Gasteiger partial charge in [0, 0.05) is 23.5 Å². The molecule has 2 saturated carbocycles. The number of nitrogens with one attached hydrogen (secondary N) is 2. The third kappa shape index (κ3) is 3.87. The lowest BCUT2D eigenvalue weighted by Crippen LogP contribution is -2.42. The molecule has 0 radical (unpaired) electrons. The van der Waals surface area contributed by atoms with Crippen LogP contribution in [0.15, 0.2) is 24.3 Å². The number of sulfonamides is 1. The summed E-state index contributed by atoms with van der Waals surface area (Å²) >= 11 is 0. The molecule has 2 N–H and O–H groups in total. The van der Waals surface area contributed by atoms with Crippen LogP contribution < -0.4 is 14.9 Å². The van der Waals surface area contributed by atoms with Gasteiger partial charge in [0.25, 0.3) is 0 Å². The second-order valence-electron chi connectivity index (χ2n) is 5.75. The zero-order valence-electron chi connectivity index (χ0n) is 11.9. The average Bonchev–Trinajstić information content (AvgIpc) is 3.24. The molecule has 21 heavy (non-hydrogen) atoms. The lowest BCUT2D eigenvalue weighted by atomic mass is 10.2. The minimum Gasteiger partial charge on any atom is -0.335 e. The Morgan fingerprint density at radius 1 is 1.14 bits per heavy atom. The lowest BCUT2D eigenvalue weighted by molar-refractivity contribution is 0.245. The molecule has 0 atom stereocenters. The van der Waals surface area contributed by atoms with E-state index in [9.17, 15) is 13.2 Å². The molecule has 0 bridgehead atoms. The van der Waals surface area contributed by atoms with E-state index in [0.29, 0.717) is 11.7 Å². The Labute approximate surface area is 124 Å². The summed E-state index contributed by atoms with van der Waals surface area (Å²) in [6.45, 7) is 0. The van der Waals surface area contributed by atoms with E-state index in [1.165, 1.54) is 0 Å². The Bertz CT molecular complexity index is 634. The van der Waals surface area contributed by atoms with Crippen LogP contribution in [-0.2, 0) is 10.0 Å². The molecule has 2 aliphatic rings. The third-order valence-electron chi connectivity index (χ3n) is 3.48. The van der Waals surface area contributed by atoms with Gasteiger partial charge in [0.05, 0.1) is 6.26 Å². The highest BCUT2D eigenvalue weighted by molar-refractivity contribution is 7.92. The predicted octanol–water partition coefficient (Wildman–Crippen LogP) is 1.90. The van der Waals surface area contributed by atoms with Gasteiger partial charge in [0.15, 0.2) is 0 Å². The molecule has 114 valence electrons. The Kier molecular flexibility index (Phi) is 3.52. The van der Waals surface area contributed by atoms with Crippen LogP contribution in [0.1, 0.15) is 25.7 Å². The highest BCUT2D eigenvalue weighted by atomic mass is 32.2. The van der Waals surface area contributed by atoms with Crippen molar-refractivity contribution in [1.29, 1.82) is 0 Å². The number of anilines is 2. The quantitative estimate of drug-likeness (QED) is 0.872. The maximum Gasteiger partial charge on any atom is 0.322 e. The fourth-order valence-corrected chi connectivity index (χ4v) is 2.77. The Morgan fingerprint density at radius 2 is 1.76 bits per heavy atom. The van der Waals surface area contributed by atoms with E-state index in [1.54, 1.807) is 29.2 Å². The Morgan fingerprint density at radius 3 is 2.24 bits per heavy atom. The molecule has 0 aliphatic heterocycles. The Balaban J connectivity index is 1.74. The van der Waals surface area contributed by atoms with E-state index in [2.05, 4.69) is 10.0 Å². The van der Waals surface area contributed by atoms with Gasteiger partial charge in [0.2, 0.25) is 10.0 Å². The molecule has 6 nitrogen and oxygen atoms in total. The van der Waals surface area contributed by atoms with Crippen molar-refractivity contribution in [3.05, 3.63) is 24.3 Å². The van der Waals surface area contributed by atoms with Crippen molar-refractivity contribution in [3.8, 4) is 0 Å². The van der Waals surface area contributed by atoms with Crippen molar-refractivity contribution < 1.29 is 13.2 Å². The molecule has 2 fully saturated rings. The summed E-state index contributed by atoms with van der Waals surface area (Å²) in [7, 11) is -3.28. The summed E-state index contributed by atoms with van der Waals surface area (Å²) in [5, 5.41) is 3.00. The third-order valence-corrected chi connectivity index (χ3v) is 4.09. The summed E-state index contributed by atoms with van der Waals surface area (Å²) in [5.74, 6) is 0. The Hall–Kier alpha value is -1.76. The van der Waals surface area contributed by atoms with Gasteiger partial charge in [-0.2, -0.15) is 0 Å². The number of rotatable bonds is 5. The second kappa shape index (κ2) is 5.22. The van der Waals surface area contributed by atoms with Crippen molar-refractivity contribution >= 4 is 27.4 Å². The van der Waals surface area contributed by atoms with E-state index in [-0.39, 0.29) is 12.1 Å². The van der Waals surface area contributed by atoms with Crippen LogP contribution in [-0.4, -0.2) is 32.8 Å². The maximum absolute atomic E-state index is 12.3. The van der Waals surface area contributed by atoms with Gasteiger partial charge in [-0.25, -0.2) is 13.2 Å². The number of amides is 2. The first-order chi connectivity index (χ1) is 9.92. The fourth-order valence-electron chi connectivity index (χ4n) is 2.20. The van der Waals surface area contributed by atoms with E-state index in [4.69, 9.17) is 0 Å². The summed E-state index contributed by atoms with van der Waals surface area (Å²) in [6, 6.07) is 7.44. The molecular weight excluding hydrogens is 290 g/mol. The summed E-state index contributed by atoms with van der Waals surface area (Å²) in [4.78, 5) is 14.1. The first-order valence-electron chi connectivity index (χ1n) is 7.10. The predicted molar refractivity (Wildman–Crippen MR) is 82.0 cm³/mol. The lowest BCUT2D eigenvalue weighted by Gasteiger charge is -2.23. The van der Waals surface area contributed by atoms with Crippen LogP contribution in [0.25, 0.3) is 0 Å². The van der Waals surface area contributed by atoms with Gasteiger partial charge in [-0.3, -0.25) is 9.62 Å². The van der Waals surface area contributed by atoms with Crippen molar-refractivity contribution in [2.24, 2.45) is 0 Å². The van der Waals surface area contributed by atoms with Gasteiger partial charge in [-0.1, -0.05) is 0 Å². The standard InChI is InChI=1S/C14H19N3O3S/c1-21(19,20)16-11-4-6-12(7-5-11)17(13-8-9-13)14(18)15-10-2-3-10/h4-7,10,13,16H,2-3,8-9H2,1H3,(H,15,18). The summed E-state index contributed by atoms with van der Waals surface area (Å²) < 4.78 is 24.8. The number of carbonyl (C=O) groups is 1. The smallest absolute Gasteiger partial charge is 0.322 e. The van der Waals surface area contributed by atoms with Gasteiger partial charge < -0.3 is 5.32 Å². The van der Waals surface area contributed by atoms with Crippen molar-refractivity contribution in [2.75, 3.05) is 15.9 Å². The van der Waals surface area contributed by atoms with Gasteiger partial charge >= 0.3 is 6.03 Å². The van der Waals surface area contributed by atoms with Crippen LogP contribution in [0, 0.1) is 0 Å². The molecule has 1 aromatic rings. The van der Waals surface area contributed by atoms with E-state index >= 15 is 0 Å². The van der Waals surface area contributed by atoms with Gasteiger partial charge in [-0.15, -0.1) is 0 Å². The van der Waals surface area contributed by atoms with Crippen molar-refractivity contribution in [3.63, 3.8) is 0 Å². The van der Waals surface area contributed by atoms with E-state index < -0.39 is 10.0 Å². The van der Waals surface area contributed by atoms with Gasteiger partial charge in [0.1, 0.15) is 0 Å². The first-order valence-corrected chi connectivity index (χ1v) is 8.99. The normalized spacial score (nSPS) is 18.1. The molecular formula is C14H19N3O3S. The maximum atomic E-state index is 12.3. The molecule has 0 aromatic heterocycles. The van der Waals surface area contributed by atoms with Crippen molar-refractivity contribution in [1.82, 2.24) is 5.32 Å². The summed E-state index contributed by atoms with van der Waals surface area (Å²) in [6.07, 6.45) is 5.26. The topological polar surface area (TPSA) is 78.5 Å². The van der Waals surface area contributed by atoms with Crippen LogP contribution >= 0.6 is 0 Å². The van der Waals surface area contributed by atoms with Crippen LogP contribution in [0.3, 0.4) is 0 Å². The molecule has 1 aromatic carbocycles. The molecule has 2 amide bonds. The largest absolute Gasteiger partial charge is 0.335 e. The minimum absolute atomic E-state index is 0.0520. The van der Waals surface area contributed by atoms with Crippen LogP contribution in [0.4, 0.5) is 16.2 Å². The molecule has 0 saturated heterocycles. The number of hydrogen-bond acceptors (Lipinski definition) is 3. The van der Waals surface area contributed by atoms with Gasteiger partial charge in [-0.05, 0) is 49.9 Å². The zero-order chi connectivity index (χ0) is 15.0. The second-order valence-corrected chi connectivity index (χ2v) is 7.49. The number of benzene rings is 1. The SMILES string of the molecule is CS(=O)(=O)Nc1ccc(N(C(=O)NC2CC2)C2CC2)cc1. The molecule has 0 unspecified atom stereocenters. The monoisotopic (exact) mass is 309 g/mol. The first kappa shape index (κ1) is 14.2. The molecule has 0 heterocycles. The molecule has 2 aliphatic carbocycles. The minimum atomic E-state index is -3.28. The fraction of sp³-hybridized carbons (Fsp3) is 0.500. The highest BCUT2D eigenvalue weighted by Crippen LogP contribution is 2.33. The van der Waals surface area contributed by atoms with E-state index in [0.717, 1.165) is 37.6 Å². The highest BCUT2D eigenvalue weighted by Gasteiger charge is 2.36. The van der Waals surface area contributed by atoms with Crippen molar-refractivity contribution in [2.45, 2.75) is 37.8 Å². The number of urea groups is 1. The molecule has 3 rings (SSSR count). The van der Waals surface area contributed by atoms with Crippen LogP contribution in [0.2, 0.25) is 0 Å². The van der Waals surface area contributed by atoms with Crippen LogP contribution in [0.5, 0.6) is 0 Å². The van der Waals surface area contributed by atoms with E-state index in [1.807, 2.05) is 0 Å². The molecule has 0 spiro atoms. The zero-order valence-corrected chi connectivity index (χ0v) is 12.7. The number of hydrogen-bond donors (Lipinski definition) is 2. The number of nitrogens with zero attached hydrogens (tertiary/aromatic N) is 1. The number of carbonyl (C=O) groups excluding carboxylic acids is 1. The average molecular weight is 309 g/mol. The molecule has 7 heteroatoms. The summed E-state index contributed by atoms with van der Waals surface area (Å²) in [5.41, 5.74) is 1.30.